The second-order valence-corrected chi connectivity index (χ2v) is 13.9. The van der Waals surface area contributed by atoms with E-state index in [1.165, 1.54) is 153 Å². The fourth-order valence-electron chi connectivity index (χ4n) is 4.70. The first-order valence-electron chi connectivity index (χ1n) is 19.6. The lowest BCUT2D eigenvalue weighted by Gasteiger charge is -2.16. The summed E-state index contributed by atoms with van der Waals surface area (Å²) >= 11 is 0. The molecular formula is C42H89N. The molecule has 0 fully saturated rings. The van der Waals surface area contributed by atoms with Crippen molar-refractivity contribution in [2.24, 2.45) is 17.8 Å². The quantitative estimate of drug-likeness (QED) is 0.0761. The largest absolute Gasteiger partial charge is 0.314 e. The van der Waals surface area contributed by atoms with Crippen LogP contribution in [0.25, 0.3) is 0 Å². The van der Waals surface area contributed by atoms with Gasteiger partial charge in [-0.25, -0.2) is 0 Å². The van der Waals surface area contributed by atoms with Crippen LogP contribution in [0.15, 0.2) is 24.3 Å². The molecule has 0 radical (unpaired) electrons. The summed E-state index contributed by atoms with van der Waals surface area (Å²) in [6, 6.07) is 0.683. The Morgan fingerprint density at radius 1 is 0.488 bits per heavy atom. The Morgan fingerprint density at radius 2 is 0.837 bits per heavy atom. The number of hydrogen-bond acceptors (Lipinski definition) is 1. The van der Waals surface area contributed by atoms with Crippen LogP contribution in [-0.4, -0.2) is 12.6 Å². The third-order valence-corrected chi connectivity index (χ3v) is 8.72. The minimum absolute atomic E-state index is 0.683. The van der Waals surface area contributed by atoms with E-state index in [4.69, 9.17) is 0 Å². The third kappa shape index (κ3) is 51.3. The first-order chi connectivity index (χ1) is 20.5. The fraction of sp³-hybridized carbons (Fsp3) is 0.905. The number of hydrogen-bond donors (Lipinski definition) is 1. The van der Waals surface area contributed by atoms with Gasteiger partial charge in [0.2, 0.25) is 0 Å². The Balaban J connectivity index is -0.000000265. The minimum Gasteiger partial charge on any atom is -0.314 e. The molecule has 1 N–H and O–H groups in total. The number of unbranched alkanes of at least 4 members (excludes halogenated alkanes) is 10. The number of rotatable bonds is 26. The van der Waals surface area contributed by atoms with E-state index in [0.29, 0.717) is 6.04 Å². The Bertz CT molecular complexity index is 501. The Labute approximate surface area is 277 Å². The summed E-state index contributed by atoms with van der Waals surface area (Å²) in [5.41, 5.74) is 2.65. The highest BCUT2D eigenvalue weighted by Crippen LogP contribution is 2.16. The molecule has 0 saturated heterocycles. The van der Waals surface area contributed by atoms with Crippen LogP contribution in [0.3, 0.4) is 0 Å². The maximum atomic E-state index is 3.91. The lowest BCUT2D eigenvalue weighted by molar-refractivity contribution is 0.410. The van der Waals surface area contributed by atoms with Crippen LogP contribution in [0.2, 0.25) is 0 Å². The molecule has 0 amide bonds. The summed E-state index contributed by atoms with van der Waals surface area (Å²) in [7, 11) is 0. The van der Waals surface area contributed by atoms with Crippen LogP contribution >= 0.6 is 0 Å². The van der Waals surface area contributed by atoms with Crippen LogP contribution in [0.5, 0.6) is 0 Å². The maximum absolute atomic E-state index is 3.91. The molecule has 3 unspecified atom stereocenters. The standard InChI is InChI=1S/C16H35N.C14H26.C10H22.C2H6/c1-6-14(3)11-9-8-10-12-15(4)13-17-16(5)7-2;1-13(2)11-9-7-5-6-8-10-12-14(3)4;1-4-6-7-8-9-10(3)5-2;1-2/h14-17H,6-13H2,1-5H3;1,3,5-12H2,2,4H3;10H,4-9H2,1-3H3;1-2H3/t14-,15?,16?;;;/m1.../s1. The van der Waals surface area contributed by atoms with Crippen molar-refractivity contribution in [2.45, 2.75) is 224 Å². The van der Waals surface area contributed by atoms with Gasteiger partial charge in [0.05, 0.1) is 0 Å². The second kappa shape index (κ2) is 41.4. The van der Waals surface area contributed by atoms with E-state index in [1.54, 1.807) is 0 Å². The maximum Gasteiger partial charge on any atom is 0.00362 e. The van der Waals surface area contributed by atoms with Gasteiger partial charge in [-0.05, 0) is 83.6 Å². The van der Waals surface area contributed by atoms with E-state index < -0.39 is 0 Å². The van der Waals surface area contributed by atoms with Crippen LogP contribution in [0, 0.1) is 17.8 Å². The van der Waals surface area contributed by atoms with Crippen LogP contribution in [0.1, 0.15) is 218 Å². The smallest absolute Gasteiger partial charge is 0.00362 e. The van der Waals surface area contributed by atoms with Crippen molar-refractivity contribution in [2.75, 3.05) is 6.54 Å². The van der Waals surface area contributed by atoms with Crippen molar-refractivity contribution >= 4 is 0 Å². The molecule has 0 aliphatic rings. The molecule has 0 bridgehead atoms. The van der Waals surface area contributed by atoms with E-state index in [0.717, 1.165) is 17.8 Å². The normalized spacial score (nSPS) is 13.2. The molecule has 1 heteroatoms. The van der Waals surface area contributed by atoms with Crippen molar-refractivity contribution < 1.29 is 0 Å². The first kappa shape index (κ1) is 49.3. The van der Waals surface area contributed by atoms with Gasteiger partial charge in [-0.2, -0.15) is 0 Å². The topological polar surface area (TPSA) is 12.0 Å². The first-order valence-corrected chi connectivity index (χ1v) is 19.6. The molecule has 43 heavy (non-hydrogen) atoms. The molecule has 0 heterocycles. The third-order valence-electron chi connectivity index (χ3n) is 8.72. The lowest BCUT2D eigenvalue weighted by Crippen LogP contribution is -2.29. The van der Waals surface area contributed by atoms with Crippen molar-refractivity contribution in [3.8, 4) is 0 Å². The van der Waals surface area contributed by atoms with Gasteiger partial charge in [-0.3, -0.25) is 0 Å². The molecule has 0 aromatic rings. The van der Waals surface area contributed by atoms with Crippen LogP contribution in [-0.2, 0) is 0 Å². The highest BCUT2D eigenvalue weighted by atomic mass is 14.9. The van der Waals surface area contributed by atoms with Gasteiger partial charge >= 0.3 is 0 Å². The summed E-state index contributed by atoms with van der Waals surface area (Å²) < 4.78 is 0. The molecule has 0 aromatic carbocycles. The SMILES string of the molecule is C=C(C)CCCCCCCCC(=C)C.CC.CCC(C)NCC(C)CCCCC[C@H](C)CC.CCCCCCC(C)CC. The highest BCUT2D eigenvalue weighted by molar-refractivity contribution is 4.87. The van der Waals surface area contributed by atoms with Gasteiger partial charge in [-0.1, -0.05) is 170 Å². The Hall–Kier alpha value is -0.560. The summed E-state index contributed by atoms with van der Waals surface area (Å²) in [6.45, 7) is 35.7. The van der Waals surface area contributed by atoms with Crippen molar-refractivity contribution in [1.29, 1.82) is 0 Å². The Morgan fingerprint density at radius 3 is 1.19 bits per heavy atom. The molecule has 1 nitrogen and oxygen atoms in total. The van der Waals surface area contributed by atoms with Gasteiger partial charge in [0.1, 0.15) is 0 Å². The van der Waals surface area contributed by atoms with Gasteiger partial charge in [0, 0.05) is 6.04 Å². The average Bonchev–Trinajstić information content (AvgIpc) is 3.00. The zero-order chi connectivity index (χ0) is 33.7. The molecule has 262 valence electrons. The van der Waals surface area contributed by atoms with Gasteiger partial charge in [0.25, 0.3) is 0 Å². The minimum atomic E-state index is 0.683. The number of allylic oxidation sites excluding steroid dienone is 2. The fourth-order valence-corrected chi connectivity index (χ4v) is 4.70. The molecule has 0 rings (SSSR count). The summed E-state index contributed by atoms with van der Waals surface area (Å²) in [5, 5.41) is 3.60. The van der Waals surface area contributed by atoms with E-state index in [1.807, 2.05) is 13.8 Å². The summed E-state index contributed by atoms with van der Waals surface area (Å²) in [6.07, 6.45) is 28.8. The zero-order valence-corrected chi connectivity index (χ0v) is 32.8. The monoisotopic (exact) mass is 608 g/mol. The van der Waals surface area contributed by atoms with E-state index in [9.17, 15) is 0 Å². The predicted octanol–water partition coefficient (Wildman–Crippen LogP) is 15.3. The highest BCUT2D eigenvalue weighted by Gasteiger charge is 2.05. The van der Waals surface area contributed by atoms with E-state index in [-0.39, 0.29) is 0 Å². The molecule has 0 spiro atoms. The number of nitrogens with one attached hydrogen (secondary N) is 1. The zero-order valence-electron chi connectivity index (χ0n) is 32.8. The Kier molecular flexibility index (Phi) is 47.5. The van der Waals surface area contributed by atoms with Crippen LogP contribution < -0.4 is 5.32 Å². The molecule has 0 aliphatic carbocycles. The van der Waals surface area contributed by atoms with Crippen molar-refractivity contribution in [3.05, 3.63) is 24.3 Å². The van der Waals surface area contributed by atoms with E-state index >= 15 is 0 Å². The van der Waals surface area contributed by atoms with Gasteiger partial charge in [0.15, 0.2) is 0 Å². The van der Waals surface area contributed by atoms with Crippen molar-refractivity contribution in [3.63, 3.8) is 0 Å². The van der Waals surface area contributed by atoms with Gasteiger partial charge in [-0.15, -0.1) is 13.2 Å². The summed E-state index contributed by atoms with van der Waals surface area (Å²) in [4.78, 5) is 0. The molecular weight excluding hydrogens is 518 g/mol. The molecule has 0 aliphatic heterocycles. The average molecular weight is 608 g/mol. The lowest BCUT2D eigenvalue weighted by atomic mass is 9.98. The van der Waals surface area contributed by atoms with Crippen molar-refractivity contribution in [1.82, 2.24) is 5.32 Å². The predicted molar refractivity (Wildman–Crippen MR) is 206 cm³/mol. The molecule has 0 aromatic heterocycles. The second-order valence-electron chi connectivity index (χ2n) is 13.9. The van der Waals surface area contributed by atoms with Crippen LogP contribution in [0.4, 0.5) is 0 Å². The molecule has 4 atom stereocenters. The van der Waals surface area contributed by atoms with E-state index in [2.05, 4.69) is 87.7 Å². The molecule has 0 saturated carbocycles. The summed E-state index contributed by atoms with van der Waals surface area (Å²) in [5.74, 6) is 2.73. The van der Waals surface area contributed by atoms with Gasteiger partial charge < -0.3 is 5.32 Å².